The topological polar surface area (TPSA) is 45.5 Å². The second kappa shape index (κ2) is 6.36. The Morgan fingerprint density at radius 3 is 2.75 bits per heavy atom. The zero-order chi connectivity index (χ0) is 17.4. The van der Waals surface area contributed by atoms with E-state index in [0.717, 1.165) is 18.2 Å². The number of carbonyl (C=O) groups excluding carboxylic acids is 1. The third-order valence-electron chi connectivity index (χ3n) is 4.41. The van der Waals surface area contributed by atoms with Gasteiger partial charge < -0.3 is 14.6 Å². The number of halogens is 2. The van der Waals surface area contributed by atoms with Gasteiger partial charge in [-0.2, -0.15) is 0 Å². The average molecular weight is 334 g/mol. The van der Waals surface area contributed by atoms with Crippen molar-refractivity contribution in [3.63, 3.8) is 0 Å². The van der Waals surface area contributed by atoms with Gasteiger partial charge in [-0.15, -0.1) is 0 Å². The lowest BCUT2D eigenvalue weighted by molar-refractivity contribution is 0.0701. The number of aliphatic hydroxyl groups excluding tert-OH is 1. The largest absolute Gasteiger partial charge is 0.391 e. The van der Waals surface area contributed by atoms with Crippen LogP contribution >= 0.6 is 0 Å². The fourth-order valence-corrected chi connectivity index (χ4v) is 3.28. The summed E-state index contributed by atoms with van der Waals surface area (Å²) in [6.45, 7) is 4.02. The van der Waals surface area contributed by atoms with Crippen LogP contribution in [0.5, 0.6) is 0 Å². The van der Waals surface area contributed by atoms with Gasteiger partial charge in [-0.3, -0.25) is 4.79 Å². The number of benzene rings is 1. The normalized spacial score (nSPS) is 20.8. The van der Waals surface area contributed by atoms with Crippen molar-refractivity contribution >= 4 is 5.91 Å². The smallest absolute Gasteiger partial charge is 0.271 e. The number of rotatable bonds is 3. The van der Waals surface area contributed by atoms with Gasteiger partial charge in [0.1, 0.15) is 17.3 Å². The molecule has 3 rings (SSSR count). The standard InChI is InChI=1S/C18H20F2N2O2/c1-11(2)21-7-3-4-16(21)18(24)22-10-13(23)9-17(22)14-8-12(19)5-6-15(14)20/h3-8,11,13,17,23H,9-10H2,1-2H3/t13-,17-/m0/s1. The van der Waals surface area contributed by atoms with E-state index < -0.39 is 23.8 Å². The number of likely N-dealkylation sites (tertiary alicyclic amines) is 1. The Balaban J connectivity index is 1.97. The predicted octanol–water partition coefficient (Wildman–Crippen LogP) is 3.30. The van der Waals surface area contributed by atoms with Gasteiger partial charge >= 0.3 is 0 Å². The molecular formula is C18H20F2N2O2. The molecule has 1 saturated heterocycles. The highest BCUT2D eigenvalue weighted by molar-refractivity contribution is 5.93. The molecule has 24 heavy (non-hydrogen) atoms. The van der Waals surface area contributed by atoms with Crippen molar-refractivity contribution in [3.05, 3.63) is 59.4 Å². The Bertz CT molecular complexity index is 757. The Hall–Kier alpha value is -2.21. The van der Waals surface area contributed by atoms with E-state index in [1.807, 2.05) is 24.6 Å². The predicted molar refractivity (Wildman–Crippen MR) is 85.6 cm³/mol. The molecule has 2 aromatic rings. The van der Waals surface area contributed by atoms with Crippen LogP contribution < -0.4 is 0 Å². The maximum atomic E-state index is 14.1. The highest BCUT2D eigenvalue weighted by Gasteiger charge is 2.38. The van der Waals surface area contributed by atoms with Crippen LogP contribution in [0.2, 0.25) is 0 Å². The SMILES string of the molecule is CC(C)n1cccc1C(=O)N1C[C@@H](O)C[C@H]1c1cc(F)ccc1F. The van der Waals surface area contributed by atoms with Crippen LogP contribution in [0.3, 0.4) is 0 Å². The number of amides is 1. The van der Waals surface area contributed by atoms with Gasteiger partial charge in [-0.25, -0.2) is 8.78 Å². The van der Waals surface area contributed by atoms with Crippen LogP contribution in [0.1, 0.15) is 48.4 Å². The van der Waals surface area contributed by atoms with Crippen LogP contribution in [-0.4, -0.2) is 33.1 Å². The molecule has 1 aromatic heterocycles. The third-order valence-corrected chi connectivity index (χ3v) is 4.41. The Kier molecular flexibility index (Phi) is 4.41. The van der Waals surface area contributed by atoms with Crippen molar-refractivity contribution < 1.29 is 18.7 Å². The van der Waals surface area contributed by atoms with Crippen molar-refractivity contribution in [1.82, 2.24) is 9.47 Å². The maximum absolute atomic E-state index is 14.1. The van der Waals surface area contributed by atoms with Gasteiger partial charge in [-0.1, -0.05) is 0 Å². The molecule has 1 aliphatic rings. The van der Waals surface area contributed by atoms with Gasteiger partial charge in [0.05, 0.1) is 12.1 Å². The lowest BCUT2D eigenvalue weighted by Gasteiger charge is -2.26. The molecule has 128 valence electrons. The molecule has 0 saturated carbocycles. The second-order valence-electron chi connectivity index (χ2n) is 6.42. The monoisotopic (exact) mass is 334 g/mol. The summed E-state index contributed by atoms with van der Waals surface area (Å²) < 4.78 is 29.5. The highest BCUT2D eigenvalue weighted by atomic mass is 19.1. The summed E-state index contributed by atoms with van der Waals surface area (Å²) in [5.41, 5.74) is 0.573. The van der Waals surface area contributed by atoms with Crippen LogP contribution in [-0.2, 0) is 0 Å². The summed E-state index contributed by atoms with van der Waals surface area (Å²) in [4.78, 5) is 14.4. The zero-order valence-corrected chi connectivity index (χ0v) is 13.6. The molecule has 1 aromatic carbocycles. The highest BCUT2D eigenvalue weighted by Crippen LogP contribution is 2.35. The number of hydrogen-bond acceptors (Lipinski definition) is 2. The molecule has 0 aliphatic carbocycles. The van der Waals surface area contributed by atoms with E-state index in [9.17, 15) is 18.7 Å². The first kappa shape index (κ1) is 16.6. The van der Waals surface area contributed by atoms with Gasteiger partial charge in [0.25, 0.3) is 5.91 Å². The molecule has 1 amide bonds. The molecule has 1 N–H and O–H groups in total. The molecule has 1 aliphatic heterocycles. The van der Waals surface area contributed by atoms with E-state index in [0.29, 0.717) is 5.69 Å². The minimum absolute atomic E-state index is 0.0934. The average Bonchev–Trinajstić information content (AvgIpc) is 3.15. The molecule has 0 unspecified atom stereocenters. The molecule has 4 nitrogen and oxygen atoms in total. The van der Waals surface area contributed by atoms with Crippen LogP contribution in [0.15, 0.2) is 36.5 Å². The zero-order valence-electron chi connectivity index (χ0n) is 13.6. The molecule has 2 heterocycles. The van der Waals surface area contributed by atoms with Gasteiger partial charge in [0.2, 0.25) is 0 Å². The summed E-state index contributed by atoms with van der Waals surface area (Å²) in [6.07, 6.45) is 1.24. The number of β-amino-alcohol motifs (C(OH)–C–C–N with tert-alkyl or cyclic N) is 1. The summed E-state index contributed by atoms with van der Waals surface area (Å²) >= 11 is 0. The number of aliphatic hydroxyl groups is 1. The van der Waals surface area contributed by atoms with E-state index >= 15 is 0 Å². The Morgan fingerprint density at radius 1 is 1.29 bits per heavy atom. The second-order valence-corrected chi connectivity index (χ2v) is 6.42. The van der Waals surface area contributed by atoms with Crippen LogP contribution in [0.4, 0.5) is 8.78 Å². The number of nitrogens with zero attached hydrogens (tertiary/aromatic N) is 2. The molecule has 0 bridgehead atoms. The van der Waals surface area contributed by atoms with E-state index in [1.54, 1.807) is 12.1 Å². The lowest BCUT2D eigenvalue weighted by Crippen LogP contribution is -2.33. The molecule has 2 atom stereocenters. The summed E-state index contributed by atoms with van der Waals surface area (Å²) in [7, 11) is 0. The lowest BCUT2D eigenvalue weighted by atomic mass is 10.0. The first-order valence-electron chi connectivity index (χ1n) is 7.99. The van der Waals surface area contributed by atoms with E-state index in [1.165, 1.54) is 4.90 Å². The van der Waals surface area contributed by atoms with Gasteiger partial charge in [-0.05, 0) is 50.6 Å². The van der Waals surface area contributed by atoms with E-state index in [4.69, 9.17) is 0 Å². The fourth-order valence-electron chi connectivity index (χ4n) is 3.28. The van der Waals surface area contributed by atoms with Gasteiger partial charge in [0, 0.05) is 24.3 Å². The molecule has 0 radical (unpaired) electrons. The Labute approximate surface area is 139 Å². The van der Waals surface area contributed by atoms with Crippen molar-refractivity contribution in [3.8, 4) is 0 Å². The van der Waals surface area contributed by atoms with Crippen molar-refractivity contribution in [2.75, 3.05) is 6.54 Å². The van der Waals surface area contributed by atoms with Crippen LogP contribution in [0.25, 0.3) is 0 Å². The minimum Gasteiger partial charge on any atom is -0.391 e. The maximum Gasteiger partial charge on any atom is 0.271 e. The van der Waals surface area contributed by atoms with Crippen molar-refractivity contribution in [1.29, 1.82) is 0 Å². The van der Waals surface area contributed by atoms with Crippen molar-refractivity contribution in [2.24, 2.45) is 0 Å². The van der Waals surface area contributed by atoms with E-state index in [2.05, 4.69) is 0 Å². The number of carbonyl (C=O) groups is 1. The first-order valence-corrected chi connectivity index (χ1v) is 7.99. The Morgan fingerprint density at radius 2 is 2.04 bits per heavy atom. The summed E-state index contributed by atoms with van der Waals surface area (Å²) in [6, 6.07) is 6.08. The van der Waals surface area contributed by atoms with Crippen LogP contribution in [0, 0.1) is 11.6 Å². The quantitative estimate of drug-likeness (QED) is 0.936. The van der Waals surface area contributed by atoms with Gasteiger partial charge in [0.15, 0.2) is 0 Å². The summed E-state index contributed by atoms with van der Waals surface area (Å²) in [5.74, 6) is -1.43. The number of aromatic nitrogens is 1. The molecule has 1 fully saturated rings. The first-order chi connectivity index (χ1) is 11.4. The minimum atomic E-state index is -0.760. The molecular weight excluding hydrogens is 314 g/mol. The molecule has 0 spiro atoms. The third kappa shape index (κ3) is 2.94. The van der Waals surface area contributed by atoms with Crippen molar-refractivity contribution in [2.45, 2.75) is 38.5 Å². The fraction of sp³-hybridized carbons (Fsp3) is 0.389. The summed E-state index contributed by atoms with van der Waals surface area (Å²) in [5, 5.41) is 10.00. The number of hydrogen-bond donors (Lipinski definition) is 1. The van der Waals surface area contributed by atoms with E-state index in [-0.39, 0.29) is 30.5 Å². The molecule has 6 heteroatoms.